The normalized spacial score (nSPS) is 17.0. The fraction of sp³-hybridized carbons (Fsp3) is 0.533. The summed E-state index contributed by atoms with van der Waals surface area (Å²) in [7, 11) is 0. The van der Waals surface area contributed by atoms with Gasteiger partial charge in [-0.05, 0) is 32.9 Å². The smallest absolute Gasteiger partial charge is 0.309 e. The van der Waals surface area contributed by atoms with Crippen molar-refractivity contribution in [3.63, 3.8) is 0 Å². The van der Waals surface area contributed by atoms with E-state index in [0.717, 1.165) is 36.6 Å². The van der Waals surface area contributed by atoms with Crippen LogP contribution in [0, 0.1) is 5.92 Å². The second-order valence-electron chi connectivity index (χ2n) is 5.44. The van der Waals surface area contributed by atoms with Gasteiger partial charge in [0.05, 0.1) is 18.2 Å². The number of rotatable bonds is 4. The molecule has 0 amide bonds. The van der Waals surface area contributed by atoms with Crippen molar-refractivity contribution in [2.45, 2.75) is 26.3 Å². The summed E-state index contributed by atoms with van der Waals surface area (Å²) in [5.74, 6) is -0.0758. The lowest BCUT2D eigenvalue weighted by Gasteiger charge is -2.30. The SMILES string of the molecule is CCOC(=O)C1CCN(Cc2cc(=O)n3ccsc3n2)CC1. The highest BCUT2D eigenvalue weighted by molar-refractivity contribution is 7.15. The molecular weight excluding hydrogens is 302 g/mol. The van der Waals surface area contributed by atoms with Gasteiger partial charge in [0.15, 0.2) is 4.96 Å². The lowest BCUT2D eigenvalue weighted by Crippen LogP contribution is -2.37. The summed E-state index contributed by atoms with van der Waals surface area (Å²) in [4.78, 5) is 31.2. The molecule has 0 bridgehead atoms. The maximum absolute atomic E-state index is 12.0. The van der Waals surface area contributed by atoms with Gasteiger partial charge >= 0.3 is 5.97 Å². The van der Waals surface area contributed by atoms with Crippen LogP contribution >= 0.6 is 11.3 Å². The van der Waals surface area contributed by atoms with Gasteiger partial charge in [0, 0.05) is 24.2 Å². The molecule has 0 spiro atoms. The first-order valence-electron chi connectivity index (χ1n) is 7.52. The molecular formula is C15H19N3O3S. The molecule has 7 heteroatoms. The molecule has 0 radical (unpaired) electrons. The highest BCUT2D eigenvalue weighted by Crippen LogP contribution is 2.20. The van der Waals surface area contributed by atoms with Gasteiger partial charge in [-0.3, -0.25) is 18.9 Å². The Kier molecular flexibility index (Phi) is 4.54. The molecule has 0 aromatic carbocycles. The zero-order valence-corrected chi connectivity index (χ0v) is 13.3. The number of ether oxygens (including phenoxy) is 1. The summed E-state index contributed by atoms with van der Waals surface area (Å²) >= 11 is 1.46. The van der Waals surface area contributed by atoms with Crippen molar-refractivity contribution in [1.82, 2.24) is 14.3 Å². The van der Waals surface area contributed by atoms with Gasteiger partial charge < -0.3 is 4.74 Å². The Morgan fingerprint density at radius 1 is 1.45 bits per heavy atom. The third-order valence-corrected chi connectivity index (χ3v) is 4.71. The monoisotopic (exact) mass is 321 g/mol. The maximum Gasteiger partial charge on any atom is 0.309 e. The van der Waals surface area contributed by atoms with Crippen LogP contribution in [0.15, 0.2) is 22.4 Å². The van der Waals surface area contributed by atoms with E-state index in [4.69, 9.17) is 4.74 Å². The number of carbonyl (C=O) groups excluding carboxylic acids is 1. The van der Waals surface area contributed by atoms with E-state index in [9.17, 15) is 9.59 Å². The fourth-order valence-electron chi connectivity index (χ4n) is 2.78. The van der Waals surface area contributed by atoms with Gasteiger partial charge in [0.2, 0.25) is 0 Å². The zero-order chi connectivity index (χ0) is 15.5. The zero-order valence-electron chi connectivity index (χ0n) is 12.5. The Hall–Kier alpha value is -1.73. The molecule has 2 aromatic heterocycles. The van der Waals surface area contributed by atoms with E-state index in [1.807, 2.05) is 12.3 Å². The summed E-state index contributed by atoms with van der Waals surface area (Å²) in [6.07, 6.45) is 3.35. The Labute approximate surface area is 132 Å². The molecule has 3 rings (SSSR count). The van der Waals surface area contributed by atoms with E-state index in [0.29, 0.717) is 13.2 Å². The first-order chi connectivity index (χ1) is 10.7. The number of hydrogen-bond donors (Lipinski definition) is 0. The van der Waals surface area contributed by atoms with E-state index < -0.39 is 0 Å². The van der Waals surface area contributed by atoms with Crippen LogP contribution in [0.5, 0.6) is 0 Å². The van der Waals surface area contributed by atoms with Gasteiger partial charge in [-0.2, -0.15) is 0 Å². The molecule has 0 aliphatic carbocycles. The molecule has 6 nitrogen and oxygen atoms in total. The molecule has 0 N–H and O–H groups in total. The first-order valence-corrected chi connectivity index (χ1v) is 8.40. The third kappa shape index (κ3) is 3.20. The van der Waals surface area contributed by atoms with Gasteiger partial charge in [-0.1, -0.05) is 0 Å². The highest BCUT2D eigenvalue weighted by atomic mass is 32.1. The Bertz CT molecular complexity index is 716. The Morgan fingerprint density at radius 2 is 2.23 bits per heavy atom. The molecule has 0 unspecified atom stereocenters. The molecule has 2 aromatic rings. The molecule has 1 aliphatic heterocycles. The Morgan fingerprint density at radius 3 is 2.95 bits per heavy atom. The van der Waals surface area contributed by atoms with Crippen LogP contribution in [0.2, 0.25) is 0 Å². The number of thiazole rings is 1. The molecule has 118 valence electrons. The standard InChI is InChI=1S/C15H19N3O3S/c1-2-21-14(20)11-3-5-17(6-4-11)10-12-9-13(19)18-7-8-22-15(18)16-12/h7-9,11H,2-6,10H2,1H3. The fourth-order valence-corrected chi connectivity index (χ4v) is 3.52. The van der Waals surface area contributed by atoms with Crippen LogP contribution in [-0.2, 0) is 16.1 Å². The first kappa shape index (κ1) is 15.2. The predicted molar refractivity (Wildman–Crippen MR) is 84.0 cm³/mol. The molecule has 1 fully saturated rings. The minimum atomic E-state index is -0.0847. The molecule has 3 heterocycles. The van der Waals surface area contributed by atoms with Crippen LogP contribution in [0.3, 0.4) is 0 Å². The molecule has 1 saturated heterocycles. The van der Waals surface area contributed by atoms with Crippen molar-refractivity contribution < 1.29 is 9.53 Å². The summed E-state index contributed by atoms with van der Waals surface area (Å²) in [5.41, 5.74) is 0.754. The van der Waals surface area contributed by atoms with Crippen molar-refractivity contribution in [2.75, 3.05) is 19.7 Å². The molecule has 22 heavy (non-hydrogen) atoms. The average molecular weight is 321 g/mol. The third-order valence-electron chi connectivity index (χ3n) is 3.95. The minimum absolute atomic E-state index is 0.00885. The summed E-state index contributed by atoms with van der Waals surface area (Å²) in [6.45, 7) is 4.58. The predicted octanol–water partition coefficient (Wildman–Crippen LogP) is 1.53. The average Bonchev–Trinajstić information content (AvgIpc) is 2.97. The van der Waals surface area contributed by atoms with Crippen LogP contribution in [-0.4, -0.2) is 40.0 Å². The number of carbonyl (C=O) groups is 1. The minimum Gasteiger partial charge on any atom is -0.466 e. The second kappa shape index (κ2) is 6.58. The van der Waals surface area contributed by atoms with E-state index in [1.54, 1.807) is 16.7 Å². The summed E-state index contributed by atoms with van der Waals surface area (Å²) < 4.78 is 6.63. The Balaban J connectivity index is 1.62. The van der Waals surface area contributed by atoms with E-state index in [-0.39, 0.29) is 17.4 Å². The molecule has 0 atom stereocenters. The van der Waals surface area contributed by atoms with Crippen LogP contribution in [0.4, 0.5) is 0 Å². The number of likely N-dealkylation sites (tertiary alicyclic amines) is 1. The van der Waals surface area contributed by atoms with Gasteiger partial charge in [0.25, 0.3) is 5.56 Å². The number of aromatic nitrogens is 2. The van der Waals surface area contributed by atoms with Crippen LogP contribution in [0.1, 0.15) is 25.5 Å². The van der Waals surface area contributed by atoms with E-state index in [1.165, 1.54) is 11.3 Å². The van der Waals surface area contributed by atoms with Crippen molar-refractivity contribution in [2.24, 2.45) is 5.92 Å². The second-order valence-corrected chi connectivity index (χ2v) is 6.32. The summed E-state index contributed by atoms with van der Waals surface area (Å²) in [5, 5.41) is 1.86. The van der Waals surface area contributed by atoms with Gasteiger partial charge in [-0.15, -0.1) is 11.3 Å². The molecule has 0 saturated carbocycles. The lowest BCUT2D eigenvalue weighted by atomic mass is 9.97. The number of piperidine rings is 1. The number of fused-ring (bicyclic) bond motifs is 1. The molecule has 1 aliphatic rings. The van der Waals surface area contributed by atoms with Crippen LogP contribution < -0.4 is 5.56 Å². The van der Waals surface area contributed by atoms with Crippen molar-refractivity contribution in [3.05, 3.63) is 33.7 Å². The highest BCUT2D eigenvalue weighted by Gasteiger charge is 2.26. The van der Waals surface area contributed by atoms with Crippen molar-refractivity contribution in [1.29, 1.82) is 0 Å². The quantitative estimate of drug-likeness (QED) is 0.799. The van der Waals surface area contributed by atoms with Gasteiger partial charge in [-0.25, -0.2) is 4.98 Å². The van der Waals surface area contributed by atoms with Crippen molar-refractivity contribution in [3.8, 4) is 0 Å². The van der Waals surface area contributed by atoms with Crippen LogP contribution in [0.25, 0.3) is 4.96 Å². The number of hydrogen-bond acceptors (Lipinski definition) is 6. The van der Waals surface area contributed by atoms with E-state index in [2.05, 4.69) is 9.88 Å². The van der Waals surface area contributed by atoms with Gasteiger partial charge in [0.1, 0.15) is 0 Å². The maximum atomic E-state index is 12.0. The number of nitrogens with zero attached hydrogens (tertiary/aromatic N) is 3. The van der Waals surface area contributed by atoms with E-state index >= 15 is 0 Å². The largest absolute Gasteiger partial charge is 0.466 e. The van der Waals surface area contributed by atoms with Crippen molar-refractivity contribution >= 4 is 22.3 Å². The topological polar surface area (TPSA) is 63.9 Å². The summed E-state index contributed by atoms with van der Waals surface area (Å²) in [6, 6.07) is 1.59. The number of esters is 1. The lowest BCUT2D eigenvalue weighted by molar-refractivity contribution is -0.149.